The fourth-order valence-electron chi connectivity index (χ4n) is 0.122. The van der Waals surface area contributed by atoms with Crippen LogP contribution in [0.15, 0.2) is 0 Å². The number of phosphoric acid groups is 3. The van der Waals surface area contributed by atoms with Crippen molar-refractivity contribution in [2.45, 2.75) is 0 Å². The topological polar surface area (TPSA) is 219 Å². The average molecular weight is 343 g/mol. The van der Waals surface area contributed by atoms with Crippen molar-refractivity contribution in [2.24, 2.45) is 0 Å². The maximum atomic E-state index is 9.32. The molecule has 0 atom stereocenters. The standard InChI is InChI=1S/3Mg.H4O7P2.H3O4P/c;;;1-8(2,3)7-9(4,5)6;1-5(2,3)4/h;;;(H2,1,2,3)(H2,4,5,6);(H3,1,2,3,4)/q3*+2;;/p-6. The van der Waals surface area contributed by atoms with Crippen molar-refractivity contribution in [3.8, 4) is 0 Å². The molecule has 0 aromatic carbocycles. The molecule has 0 aliphatic rings. The van der Waals surface area contributed by atoms with E-state index in [1.165, 1.54) is 0 Å². The fourth-order valence-corrected chi connectivity index (χ4v) is 1.10. The molecule has 0 aliphatic heterocycles. The smallest absolute Gasteiger partial charge is 0.790 e. The van der Waals surface area contributed by atoms with Gasteiger partial charge in [-0.15, -0.1) is 0 Å². The molecule has 17 heavy (non-hydrogen) atoms. The summed E-state index contributed by atoms with van der Waals surface area (Å²) >= 11 is 0. The molecule has 0 unspecified atom stereocenters. The largest absolute Gasteiger partial charge is 2.00 e. The van der Waals surface area contributed by atoms with Crippen LogP contribution in [0.3, 0.4) is 0 Å². The van der Waals surface area contributed by atoms with Crippen molar-refractivity contribution in [2.75, 3.05) is 0 Å². The van der Waals surface area contributed by atoms with Crippen molar-refractivity contribution in [1.82, 2.24) is 0 Å². The zero-order valence-electron chi connectivity index (χ0n) is 7.99. The quantitative estimate of drug-likeness (QED) is 0.366. The summed E-state index contributed by atoms with van der Waals surface area (Å²) in [5.41, 5.74) is 0. The van der Waals surface area contributed by atoms with Crippen molar-refractivity contribution in [1.29, 1.82) is 0 Å². The minimum Gasteiger partial charge on any atom is -0.790 e. The normalized spacial score (nSPS) is 10.8. The Morgan fingerprint density at radius 2 is 0.824 bits per heavy atom. The second kappa shape index (κ2) is 12.4. The Morgan fingerprint density at radius 1 is 0.706 bits per heavy atom. The predicted octanol–water partition coefficient (Wildman–Crippen LogP) is -6.67. The Balaban J connectivity index is -0.0000000533. The fraction of sp³-hybridized carbons (Fsp3) is 0. The molecule has 0 radical (unpaired) electrons. The first kappa shape index (κ1) is 31.9. The summed E-state index contributed by atoms with van der Waals surface area (Å²) in [5, 5.41) is 0. The maximum Gasteiger partial charge on any atom is 2.00 e. The van der Waals surface area contributed by atoms with Gasteiger partial charge in [0.1, 0.15) is 0 Å². The van der Waals surface area contributed by atoms with Gasteiger partial charge in [-0.1, -0.05) is 0 Å². The van der Waals surface area contributed by atoms with Crippen LogP contribution in [0.2, 0.25) is 0 Å². The third-order valence-electron chi connectivity index (χ3n) is 0.200. The summed E-state index contributed by atoms with van der Waals surface area (Å²) in [6.07, 6.45) is 0. The van der Waals surface area contributed by atoms with E-state index in [-0.39, 0.29) is 69.2 Å². The van der Waals surface area contributed by atoms with E-state index < -0.39 is 23.5 Å². The van der Waals surface area contributed by atoms with E-state index in [1.807, 2.05) is 0 Å². The van der Waals surface area contributed by atoms with E-state index in [1.54, 1.807) is 0 Å². The molecule has 0 saturated carbocycles. The first-order chi connectivity index (χ1) is 5.71. The molecule has 0 aromatic rings. The Hall–Kier alpha value is 2.67. The van der Waals surface area contributed by atoms with Crippen molar-refractivity contribution < 1.29 is 52.3 Å². The van der Waals surface area contributed by atoms with Crippen molar-refractivity contribution >= 4 is 92.6 Å². The zero-order valence-corrected chi connectivity index (χ0v) is 14.9. The van der Waals surface area contributed by atoms with E-state index in [4.69, 9.17) is 19.2 Å². The molecule has 17 heteroatoms. The number of hydrogen-bond acceptors (Lipinski definition) is 10. The van der Waals surface area contributed by atoms with Crippen molar-refractivity contribution in [3.05, 3.63) is 0 Å². The van der Waals surface area contributed by atoms with Crippen LogP contribution in [0.5, 0.6) is 0 Å². The molecule has 0 saturated heterocycles. The second-order valence-corrected chi connectivity index (χ2v) is 4.82. The molecule has 88 valence electrons. The second-order valence-electron chi connectivity index (χ2n) is 1.44. The van der Waals surface area contributed by atoms with Gasteiger partial charge in [0.25, 0.3) is 0 Å². The van der Waals surface area contributed by atoms with Gasteiger partial charge >= 0.3 is 69.2 Å². The minimum absolute atomic E-state index is 0. The number of hydrogen-bond donors (Lipinski definition) is 1. The van der Waals surface area contributed by atoms with E-state index in [2.05, 4.69) is 4.31 Å². The van der Waals surface area contributed by atoms with Gasteiger partial charge in [0.15, 0.2) is 0 Å². The molecule has 1 N–H and O–H groups in total. The molecule has 0 heterocycles. The molecule has 0 amide bonds. The first-order valence-electron chi connectivity index (χ1n) is 2.21. The third kappa shape index (κ3) is 69.0. The van der Waals surface area contributed by atoms with Crippen LogP contribution in [-0.2, 0) is 18.0 Å². The SMILES string of the molecule is O=P([O-])([O-])O.O=P([O-])([O-])OP(=O)([O-])[O-].[Mg+2].[Mg+2].[Mg+2]. The molecule has 0 bridgehead atoms. The third-order valence-corrected chi connectivity index (χ3v) is 1.80. The van der Waals surface area contributed by atoms with Crippen LogP contribution in [0, 0.1) is 0 Å². The average Bonchev–Trinajstić information content (AvgIpc) is 1.42. The van der Waals surface area contributed by atoms with Crippen molar-refractivity contribution in [3.63, 3.8) is 0 Å². The Morgan fingerprint density at radius 3 is 0.824 bits per heavy atom. The van der Waals surface area contributed by atoms with Gasteiger partial charge in [-0.3, -0.25) is 0 Å². The van der Waals surface area contributed by atoms with Crippen LogP contribution in [0.25, 0.3) is 0 Å². The molecule has 0 spiro atoms. The van der Waals surface area contributed by atoms with E-state index in [9.17, 15) is 28.7 Å². The maximum absolute atomic E-state index is 9.32. The molecule has 0 rings (SSSR count). The minimum atomic E-state index is -5.68. The molecule has 11 nitrogen and oxygen atoms in total. The van der Waals surface area contributed by atoms with Gasteiger partial charge in [0.05, 0.1) is 23.5 Å². The van der Waals surface area contributed by atoms with Gasteiger partial charge < -0.3 is 52.3 Å². The molecule has 0 aromatic heterocycles. The summed E-state index contributed by atoms with van der Waals surface area (Å²) in [6, 6.07) is 0. The van der Waals surface area contributed by atoms with Gasteiger partial charge in [0, 0.05) is 0 Å². The van der Waals surface area contributed by atoms with Gasteiger partial charge in [-0.25, -0.2) is 0 Å². The van der Waals surface area contributed by atoms with E-state index in [0.717, 1.165) is 0 Å². The monoisotopic (exact) mass is 342 g/mol. The van der Waals surface area contributed by atoms with Crippen LogP contribution < -0.4 is 29.4 Å². The van der Waals surface area contributed by atoms with Gasteiger partial charge in [-0.2, -0.15) is 0 Å². The van der Waals surface area contributed by atoms with Gasteiger partial charge in [-0.05, 0) is 0 Å². The van der Waals surface area contributed by atoms with Crippen LogP contribution in [0.4, 0.5) is 0 Å². The van der Waals surface area contributed by atoms with E-state index in [0.29, 0.717) is 0 Å². The van der Waals surface area contributed by atoms with E-state index >= 15 is 0 Å². The molecule has 0 fully saturated rings. The summed E-state index contributed by atoms with van der Waals surface area (Å²) in [6.45, 7) is 0. The molecule has 0 aliphatic carbocycles. The van der Waals surface area contributed by atoms with Crippen LogP contribution >= 0.6 is 23.5 Å². The summed E-state index contributed by atoms with van der Waals surface area (Å²) in [7, 11) is -16.5. The molecular weight excluding hydrogens is 342 g/mol. The summed E-state index contributed by atoms with van der Waals surface area (Å²) < 4.78 is 29.8. The predicted molar refractivity (Wildman–Crippen MR) is 43.4 cm³/mol. The summed E-state index contributed by atoms with van der Waals surface area (Å²) in [4.78, 5) is 61.6. The van der Waals surface area contributed by atoms with Crippen LogP contribution in [0.1, 0.15) is 0 Å². The Kier molecular flexibility index (Phi) is 23.3. The molecular formula is HMg3O11P3. The Bertz CT molecular complexity index is 265. The summed E-state index contributed by atoms with van der Waals surface area (Å²) in [5.74, 6) is 0. The van der Waals surface area contributed by atoms with Crippen LogP contribution in [-0.4, -0.2) is 74.1 Å². The first-order valence-corrected chi connectivity index (χ1v) is 6.62. The van der Waals surface area contributed by atoms with Gasteiger partial charge in [0.2, 0.25) is 0 Å². The zero-order chi connectivity index (χ0) is 12.2. The Labute approximate surface area is 144 Å². The number of rotatable bonds is 2.